The SMILES string of the molecule is C=CCCC[C@]1(CC)CC(=O)N([C@@H]2CCOc3ccc(C(=O)O)cc32)/C(=N/C(=O)OC(C)(C)C)N1. The lowest BCUT2D eigenvalue weighted by Crippen LogP contribution is -2.63. The Morgan fingerprint density at radius 1 is 1.40 bits per heavy atom. The standard InChI is InChI=1S/C26H35N3O6/c1-6-8-9-13-26(7-2)16-21(30)29(23(28-26)27-24(33)35-25(3,4)5)19-12-14-34-20-11-10-17(22(31)32)15-18(19)20/h6,10-11,15,19H,1,7-9,12-14,16H2,2-5H3,(H,31,32)(H,27,28,33)/t19-,26-/m1/s1. The molecule has 0 saturated carbocycles. The molecule has 2 atom stereocenters. The molecule has 1 aromatic rings. The maximum absolute atomic E-state index is 13.7. The van der Waals surface area contributed by atoms with Gasteiger partial charge in [0.25, 0.3) is 0 Å². The first-order valence-electron chi connectivity index (χ1n) is 12.0. The maximum Gasteiger partial charge on any atom is 0.437 e. The first-order chi connectivity index (χ1) is 16.5. The monoisotopic (exact) mass is 485 g/mol. The van der Waals surface area contributed by atoms with Crippen molar-refractivity contribution in [1.29, 1.82) is 0 Å². The molecule has 2 aliphatic rings. The zero-order valence-electron chi connectivity index (χ0n) is 20.9. The molecule has 2 aliphatic heterocycles. The van der Waals surface area contributed by atoms with E-state index in [1.165, 1.54) is 17.0 Å². The van der Waals surface area contributed by atoms with Crippen LogP contribution in [-0.2, 0) is 9.53 Å². The molecule has 0 bridgehead atoms. The fraction of sp³-hybridized carbons (Fsp3) is 0.538. The molecule has 35 heavy (non-hydrogen) atoms. The summed E-state index contributed by atoms with van der Waals surface area (Å²) in [5.41, 5.74) is -0.652. The van der Waals surface area contributed by atoms with Gasteiger partial charge in [0.15, 0.2) is 0 Å². The van der Waals surface area contributed by atoms with E-state index in [2.05, 4.69) is 16.9 Å². The van der Waals surface area contributed by atoms with Gasteiger partial charge in [-0.1, -0.05) is 13.0 Å². The normalized spacial score (nSPS) is 23.2. The number of nitrogens with one attached hydrogen (secondary N) is 1. The van der Waals surface area contributed by atoms with Crippen molar-refractivity contribution in [2.45, 2.75) is 83.4 Å². The van der Waals surface area contributed by atoms with E-state index in [1.807, 2.05) is 13.0 Å². The molecule has 3 rings (SSSR count). The van der Waals surface area contributed by atoms with Crippen LogP contribution in [0.1, 0.15) is 88.2 Å². The summed E-state index contributed by atoms with van der Waals surface area (Å²) in [5, 5.41) is 12.9. The fourth-order valence-corrected chi connectivity index (χ4v) is 4.51. The van der Waals surface area contributed by atoms with Gasteiger partial charge in [-0.25, -0.2) is 9.59 Å². The Kier molecular flexibility index (Phi) is 7.87. The van der Waals surface area contributed by atoms with Gasteiger partial charge in [-0.2, -0.15) is 0 Å². The molecule has 0 radical (unpaired) electrons. The third-order valence-corrected chi connectivity index (χ3v) is 6.27. The van der Waals surface area contributed by atoms with E-state index in [0.29, 0.717) is 37.2 Å². The minimum Gasteiger partial charge on any atom is -0.493 e. The Morgan fingerprint density at radius 2 is 2.14 bits per heavy atom. The van der Waals surface area contributed by atoms with Crippen LogP contribution in [0.5, 0.6) is 5.75 Å². The van der Waals surface area contributed by atoms with Crippen molar-refractivity contribution in [3.63, 3.8) is 0 Å². The number of ether oxygens (including phenoxy) is 2. The van der Waals surface area contributed by atoms with E-state index in [4.69, 9.17) is 9.47 Å². The topological polar surface area (TPSA) is 118 Å². The van der Waals surface area contributed by atoms with Gasteiger partial charge in [0.05, 0.1) is 24.6 Å². The number of fused-ring (bicyclic) bond motifs is 1. The summed E-state index contributed by atoms with van der Waals surface area (Å²) >= 11 is 0. The van der Waals surface area contributed by atoms with Crippen molar-refractivity contribution in [3.8, 4) is 5.75 Å². The number of nitrogens with zero attached hydrogens (tertiary/aromatic N) is 2. The van der Waals surface area contributed by atoms with Crippen molar-refractivity contribution in [1.82, 2.24) is 10.2 Å². The minimum atomic E-state index is -1.07. The Bertz CT molecular complexity index is 1030. The van der Waals surface area contributed by atoms with Gasteiger partial charge in [0, 0.05) is 17.5 Å². The number of aromatic carboxylic acids is 1. The summed E-state index contributed by atoms with van der Waals surface area (Å²) in [6, 6.07) is 4.05. The Hall–Kier alpha value is -3.36. The van der Waals surface area contributed by atoms with Crippen LogP contribution in [0.4, 0.5) is 4.79 Å². The van der Waals surface area contributed by atoms with Crippen LogP contribution in [0.25, 0.3) is 0 Å². The van der Waals surface area contributed by atoms with Crippen LogP contribution >= 0.6 is 0 Å². The fourth-order valence-electron chi connectivity index (χ4n) is 4.51. The predicted molar refractivity (Wildman–Crippen MR) is 132 cm³/mol. The lowest BCUT2D eigenvalue weighted by Gasteiger charge is -2.46. The average molecular weight is 486 g/mol. The molecule has 1 fully saturated rings. The lowest BCUT2D eigenvalue weighted by atomic mass is 9.83. The Balaban J connectivity index is 2.05. The molecule has 190 valence electrons. The van der Waals surface area contributed by atoms with Gasteiger partial charge in [-0.15, -0.1) is 11.6 Å². The number of rotatable bonds is 7. The van der Waals surface area contributed by atoms with Gasteiger partial charge in [0.1, 0.15) is 11.4 Å². The lowest BCUT2D eigenvalue weighted by molar-refractivity contribution is -0.133. The van der Waals surface area contributed by atoms with Crippen LogP contribution in [0.2, 0.25) is 0 Å². The third-order valence-electron chi connectivity index (χ3n) is 6.27. The van der Waals surface area contributed by atoms with E-state index in [9.17, 15) is 19.5 Å². The molecule has 2 amide bonds. The summed E-state index contributed by atoms with van der Waals surface area (Å²) < 4.78 is 11.1. The minimum absolute atomic E-state index is 0.0922. The summed E-state index contributed by atoms with van der Waals surface area (Å²) in [6.07, 6.45) is 4.69. The van der Waals surface area contributed by atoms with Crippen molar-refractivity contribution < 1.29 is 29.0 Å². The Labute approximate surface area is 206 Å². The van der Waals surface area contributed by atoms with Gasteiger partial charge in [-0.3, -0.25) is 9.69 Å². The second-order valence-electron chi connectivity index (χ2n) is 10.0. The van der Waals surface area contributed by atoms with Crippen LogP contribution in [0.15, 0.2) is 35.8 Å². The van der Waals surface area contributed by atoms with Gasteiger partial charge in [0.2, 0.25) is 11.9 Å². The molecule has 0 spiro atoms. The number of carbonyl (C=O) groups excluding carboxylic acids is 2. The molecule has 1 saturated heterocycles. The largest absolute Gasteiger partial charge is 0.493 e. The van der Waals surface area contributed by atoms with Gasteiger partial charge >= 0.3 is 12.1 Å². The number of hydrogen-bond donors (Lipinski definition) is 2. The summed E-state index contributed by atoms with van der Waals surface area (Å²) in [7, 11) is 0. The summed E-state index contributed by atoms with van der Waals surface area (Å²) in [6.45, 7) is 11.4. The molecule has 9 nitrogen and oxygen atoms in total. The number of hydrogen-bond acceptors (Lipinski definition) is 5. The maximum atomic E-state index is 13.7. The van der Waals surface area contributed by atoms with E-state index in [0.717, 1.165) is 12.8 Å². The molecular formula is C26H35N3O6. The zero-order chi connectivity index (χ0) is 25.8. The van der Waals surface area contributed by atoms with E-state index in [-0.39, 0.29) is 23.9 Å². The first kappa shape index (κ1) is 26.2. The quantitative estimate of drug-likeness (QED) is 0.420. The second-order valence-corrected chi connectivity index (χ2v) is 10.0. The van der Waals surface area contributed by atoms with Gasteiger partial charge < -0.3 is 19.9 Å². The van der Waals surface area contributed by atoms with Crippen LogP contribution in [-0.4, -0.2) is 51.7 Å². The third kappa shape index (κ3) is 6.21. The van der Waals surface area contributed by atoms with Crippen LogP contribution in [0, 0.1) is 0 Å². The van der Waals surface area contributed by atoms with Crippen molar-refractivity contribution >= 4 is 23.9 Å². The molecule has 0 aliphatic carbocycles. The highest BCUT2D eigenvalue weighted by Crippen LogP contribution is 2.40. The van der Waals surface area contributed by atoms with Gasteiger partial charge in [-0.05, 0) is 64.7 Å². The summed E-state index contributed by atoms with van der Waals surface area (Å²) in [5.74, 6) is -0.635. The molecular weight excluding hydrogens is 450 g/mol. The highest BCUT2D eigenvalue weighted by Gasteiger charge is 2.45. The number of allylic oxidation sites excluding steroid dienone is 1. The number of unbranched alkanes of at least 4 members (excludes halogenated alkanes) is 1. The highest BCUT2D eigenvalue weighted by atomic mass is 16.6. The molecule has 2 heterocycles. The number of carboxylic acid groups (broad SMARTS) is 1. The van der Waals surface area contributed by atoms with Crippen molar-refractivity contribution in [2.75, 3.05) is 6.61 Å². The van der Waals surface area contributed by atoms with E-state index < -0.39 is 29.2 Å². The molecule has 0 aromatic heterocycles. The highest BCUT2D eigenvalue weighted by molar-refractivity contribution is 6.04. The molecule has 0 unspecified atom stereocenters. The van der Waals surface area contributed by atoms with Crippen LogP contribution < -0.4 is 10.1 Å². The average Bonchev–Trinajstić information content (AvgIpc) is 2.77. The number of carboxylic acids is 1. The van der Waals surface area contributed by atoms with Crippen LogP contribution in [0.3, 0.4) is 0 Å². The predicted octanol–water partition coefficient (Wildman–Crippen LogP) is 4.83. The number of benzene rings is 1. The molecule has 2 N–H and O–H groups in total. The van der Waals surface area contributed by atoms with E-state index in [1.54, 1.807) is 26.8 Å². The van der Waals surface area contributed by atoms with E-state index >= 15 is 0 Å². The smallest absolute Gasteiger partial charge is 0.437 e. The number of guanidine groups is 1. The number of amides is 2. The number of aliphatic imine (C=N–C) groups is 1. The summed E-state index contributed by atoms with van der Waals surface area (Å²) in [4.78, 5) is 43.7. The molecule has 1 aromatic carbocycles. The molecule has 9 heteroatoms. The van der Waals surface area contributed by atoms with Crippen molar-refractivity contribution in [3.05, 3.63) is 42.0 Å². The van der Waals surface area contributed by atoms with Crippen molar-refractivity contribution in [2.24, 2.45) is 4.99 Å². The Morgan fingerprint density at radius 3 is 2.77 bits per heavy atom. The first-order valence-corrected chi connectivity index (χ1v) is 12.0. The second kappa shape index (κ2) is 10.5. The number of carbonyl (C=O) groups is 3. The zero-order valence-corrected chi connectivity index (χ0v) is 20.9.